The van der Waals surface area contributed by atoms with Gasteiger partial charge in [-0.1, -0.05) is 23.9 Å². The van der Waals surface area contributed by atoms with Gasteiger partial charge >= 0.3 is 0 Å². The summed E-state index contributed by atoms with van der Waals surface area (Å²) < 4.78 is 19.9. The molecule has 0 saturated carbocycles. The Hall–Kier alpha value is -3.46. The number of fused-ring (bicyclic) bond motifs is 1. The topological polar surface area (TPSA) is 81.4 Å². The number of ether oxygens (including phenoxy) is 1. The summed E-state index contributed by atoms with van der Waals surface area (Å²) in [4.78, 5) is 12.2. The summed E-state index contributed by atoms with van der Waals surface area (Å²) in [5.74, 6) is 0.612. The standard InChI is InChI=1S/C22H20FN5O2S/c1-30-18-8-2-15(3-9-18)12-13-24-21(29)14-31-22-26-25-20-11-10-19(27-28(20)22)16-4-6-17(23)7-5-16/h2-11H,12-14H2,1H3,(H,24,29). The van der Waals surface area contributed by atoms with Gasteiger partial charge < -0.3 is 10.1 Å². The monoisotopic (exact) mass is 437 g/mol. The van der Waals surface area contributed by atoms with Crippen LogP contribution in [0.2, 0.25) is 0 Å². The van der Waals surface area contributed by atoms with E-state index in [2.05, 4.69) is 20.6 Å². The van der Waals surface area contributed by atoms with Gasteiger partial charge in [-0.2, -0.15) is 9.61 Å². The largest absolute Gasteiger partial charge is 0.497 e. The maximum Gasteiger partial charge on any atom is 0.230 e. The molecule has 0 fully saturated rings. The van der Waals surface area contributed by atoms with Crippen LogP contribution in [0.25, 0.3) is 16.9 Å². The number of halogens is 1. The molecular weight excluding hydrogens is 417 g/mol. The van der Waals surface area contributed by atoms with E-state index >= 15 is 0 Å². The molecule has 1 amide bonds. The third-order valence-corrected chi connectivity index (χ3v) is 5.52. The quantitative estimate of drug-likeness (QED) is 0.426. The summed E-state index contributed by atoms with van der Waals surface area (Å²) in [7, 11) is 1.63. The average molecular weight is 438 g/mol. The van der Waals surface area contributed by atoms with Crippen molar-refractivity contribution in [3.63, 3.8) is 0 Å². The second kappa shape index (κ2) is 9.57. The first kappa shape index (κ1) is 20.8. The summed E-state index contributed by atoms with van der Waals surface area (Å²) in [6, 6.07) is 17.5. The molecule has 7 nitrogen and oxygen atoms in total. The van der Waals surface area contributed by atoms with Gasteiger partial charge in [-0.25, -0.2) is 4.39 Å². The van der Waals surface area contributed by atoms with Crippen LogP contribution in [0.15, 0.2) is 65.8 Å². The van der Waals surface area contributed by atoms with E-state index in [1.165, 1.54) is 23.9 Å². The van der Waals surface area contributed by atoms with Crippen LogP contribution in [-0.4, -0.2) is 45.1 Å². The predicted octanol–water partition coefficient (Wildman–Crippen LogP) is 3.39. The molecule has 0 aliphatic heterocycles. The molecule has 0 radical (unpaired) electrons. The maximum atomic E-state index is 13.2. The lowest BCUT2D eigenvalue weighted by Gasteiger charge is -2.06. The molecule has 2 aromatic carbocycles. The van der Waals surface area contributed by atoms with E-state index in [1.807, 2.05) is 24.3 Å². The summed E-state index contributed by atoms with van der Waals surface area (Å²) >= 11 is 1.26. The molecule has 4 aromatic rings. The summed E-state index contributed by atoms with van der Waals surface area (Å²) in [6.45, 7) is 0.541. The van der Waals surface area contributed by atoms with Crippen molar-refractivity contribution in [2.45, 2.75) is 11.6 Å². The van der Waals surface area contributed by atoms with Gasteiger partial charge in [0, 0.05) is 12.1 Å². The molecule has 0 atom stereocenters. The maximum absolute atomic E-state index is 13.2. The van der Waals surface area contributed by atoms with Crippen LogP contribution in [0.1, 0.15) is 5.56 Å². The minimum atomic E-state index is -0.302. The molecule has 31 heavy (non-hydrogen) atoms. The second-order valence-electron chi connectivity index (χ2n) is 6.71. The number of thioether (sulfide) groups is 1. The number of carbonyl (C=O) groups is 1. The minimum Gasteiger partial charge on any atom is -0.497 e. The van der Waals surface area contributed by atoms with Crippen LogP contribution >= 0.6 is 11.8 Å². The molecule has 9 heteroatoms. The Kier molecular flexibility index (Phi) is 6.42. The molecule has 1 N–H and O–H groups in total. The highest BCUT2D eigenvalue weighted by Crippen LogP contribution is 2.21. The van der Waals surface area contributed by atoms with Crippen LogP contribution in [0.4, 0.5) is 4.39 Å². The number of hydrogen-bond donors (Lipinski definition) is 1. The molecule has 0 bridgehead atoms. The third-order valence-electron chi connectivity index (χ3n) is 4.60. The SMILES string of the molecule is COc1ccc(CCNC(=O)CSc2nnc3ccc(-c4ccc(F)cc4)nn23)cc1. The number of nitrogens with zero attached hydrogens (tertiary/aromatic N) is 4. The van der Waals surface area contributed by atoms with Gasteiger partial charge in [0.25, 0.3) is 0 Å². The highest BCUT2D eigenvalue weighted by atomic mass is 32.2. The molecule has 4 rings (SSSR count). The molecule has 2 heterocycles. The van der Waals surface area contributed by atoms with Gasteiger partial charge in [0.05, 0.1) is 18.6 Å². The number of methoxy groups -OCH3 is 1. The van der Waals surface area contributed by atoms with Crippen molar-refractivity contribution in [1.29, 1.82) is 0 Å². The number of carbonyl (C=O) groups excluding carboxylic acids is 1. The molecule has 0 saturated heterocycles. The average Bonchev–Trinajstić information content (AvgIpc) is 3.21. The highest BCUT2D eigenvalue weighted by Gasteiger charge is 2.11. The smallest absolute Gasteiger partial charge is 0.230 e. The molecule has 0 aliphatic rings. The van der Waals surface area contributed by atoms with Crippen LogP contribution in [0.5, 0.6) is 5.75 Å². The van der Waals surface area contributed by atoms with Crippen molar-refractivity contribution in [2.24, 2.45) is 0 Å². The van der Waals surface area contributed by atoms with E-state index in [0.717, 1.165) is 23.3 Å². The zero-order chi connectivity index (χ0) is 21.6. The Bertz CT molecular complexity index is 1180. The molecule has 0 spiro atoms. The summed E-state index contributed by atoms with van der Waals surface area (Å²) in [5.41, 5.74) is 3.14. The molecule has 0 unspecified atom stereocenters. The first-order valence-electron chi connectivity index (χ1n) is 9.63. The van der Waals surface area contributed by atoms with Gasteiger partial charge in [-0.05, 0) is 60.5 Å². The van der Waals surface area contributed by atoms with Crippen molar-refractivity contribution in [2.75, 3.05) is 19.4 Å². The molecule has 158 valence electrons. The lowest BCUT2D eigenvalue weighted by molar-refractivity contribution is -0.118. The lowest BCUT2D eigenvalue weighted by atomic mass is 10.1. The Morgan fingerprint density at radius 3 is 2.58 bits per heavy atom. The second-order valence-corrected chi connectivity index (χ2v) is 7.66. The van der Waals surface area contributed by atoms with Gasteiger partial charge in [0.2, 0.25) is 11.1 Å². The molecule has 2 aromatic heterocycles. The van der Waals surface area contributed by atoms with E-state index in [4.69, 9.17) is 4.74 Å². The molecular formula is C22H20FN5O2S. The highest BCUT2D eigenvalue weighted by molar-refractivity contribution is 7.99. The fourth-order valence-electron chi connectivity index (χ4n) is 2.95. The number of hydrogen-bond acceptors (Lipinski definition) is 6. The van der Waals surface area contributed by atoms with Gasteiger partial charge in [0.15, 0.2) is 5.65 Å². The first-order chi connectivity index (χ1) is 15.1. The van der Waals surface area contributed by atoms with Gasteiger partial charge in [0.1, 0.15) is 11.6 Å². The van der Waals surface area contributed by atoms with Crippen LogP contribution in [0, 0.1) is 5.82 Å². The zero-order valence-electron chi connectivity index (χ0n) is 16.8. The number of nitrogens with one attached hydrogen (secondary N) is 1. The lowest BCUT2D eigenvalue weighted by Crippen LogP contribution is -2.27. The number of rotatable bonds is 8. The Morgan fingerprint density at radius 2 is 1.84 bits per heavy atom. The number of benzene rings is 2. The zero-order valence-corrected chi connectivity index (χ0v) is 17.6. The molecule has 0 aliphatic carbocycles. The fourth-order valence-corrected chi connectivity index (χ4v) is 3.67. The van der Waals surface area contributed by atoms with Gasteiger partial charge in [-0.3, -0.25) is 4.79 Å². The third kappa shape index (κ3) is 5.18. The van der Waals surface area contributed by atoms with Crippen LogP contribution in [-0.2, 0) is 11.2 Å². The van der Waals surface area contributed by atoms with Crippen molar-refractivity contribution in [1.82, 2.24) is 25.1 Å². The Labute approximate surface area is 182 Å². The van der Waals surface area contributed by atoms with Crippen LogP contribution < -0.4 is 10.1 Å². The number of amides is 1. The first-order valence-corrected chi connectivity index (χ1v) is 10.6. The predicted molar refractivity (Wildman–Crippen MR) is 117 cm³/mol. The van der Waals surface area contributed by atoms with Crippen molar-refractivity contribution in [3.05, 3.63) is 72.0 Å². The van der Waals surface area contributed by atoms with E-state index in [-0.39, 0.29) is 17.5 Å². The van der Waals surface area contributed by atoms with Gasteiger partial charge in [-0.15, -0.1) is 10.2 Å². The summed E-state index contributed by atoms with van der Waals surface area (Å²) in [5, 5.41) is 16.2. The fraction of sp³-hybridized carbons (Fsp3) is 0.182. The van der Waals surface area contributed by atoms with E-state index in [0.29, 0.717) is 23.0 Å². The van der Waals surface area contributed by atoms with E-state index < -0.39 is 0 Å². The van der Waals surface area contributed by atoms with Crippen molar-refractivity contribution >= 4 is 23.3 Å². The van der Waals surface area contributed by atoms with Crippen molar-refractivity contribution < 1.29 is 13.9 Å². The summed E-state index contributed by atoms with van der Waals surface area (Å²) in [6.07, 6.45) is 0.733. The number of aromatic nitrogens is 4. The van der Waals surface area contributed by atoms with E-state index in [1.54, 1.807) is 35.9 Å². The van der Waals surface area contributed by atoms with E-state index in [9.17, 15) is 9.18 Å². The Morgan fingerprint density at radius 1 is 1.06 bits per heavy atom. The minimum absolute atomic E-state index is 0.0926. The van der Waals surface area contributed by atoms with Crippen molar-refractivity contribution in [3.8, 4) is 17.0 Å². The normalized spacial score (nSPS) is 10.9. The van der Waals surface area contributed by atoms with Crippen LogP contribution in [0.3, 0.4) is 0 Å². The Balaban J connectivity index is 1.34.